The van der Waals surface area contributed by atoms with Crippen LogP contribution in [0.3, 0.4) is 0 Å². The van der Waals surface area contributed by atoms with Crippen molar-refractivity contribution in [2.24, 2.45) is 0 Å². The van der Waals surface area contributed by atoms with Crippen molar-refractivity contribution in [3.63, 3.8) is 0 Å². The van der Waals surface area contributed by atoms with Crippen LogP contribution in [0.5, 0.6) is 0 Å². The number of rotatable bonds is 7. The van der Waals surface area contributed by atoms with E-state index in [4.69, 9.17) is 16.3 Å². The predicted octanol–water partition coefficient (Wildman–Crippen LogP) is 4.02. The van der Waals surface area contributed by atoms with Crippen molar-refractivity contribution in [3.8, 4) is 0 Å². The molecule has 41 heavy (non-hydrogen) atoms. The van der Waals surface area contributed by atoms with Crippen molar-refractivity contribution in [3.05, 3.63) is 110 Å². The van der Waals surface area contributed by atoms with E-state index in [0.717, 1.165) is 35.5 Å². The normalized spacial score (nSPS) is 17.2. The Labute approximate surface area is 242 Å². The number of morpholine rings is 1. The monoisotopic (exact) mass is 570 g/mol. The van der Waals surface area contributed by atoms with E-state index in [0.29, 0.717) is 42.1 Å². The molecule has 0 aliphatic carbocycles. The van der Waals surface area contributed by atoms with Gasteiger partial charge in [0, 0.05) is 42.8 Å². The number of amides is 1. The van der Waals surface area contributed by atoms with E-state index < -0.39 is 11.9 Å². The highest BCUT2D eigenvalue weighted by Crippen LogP contribution is 2.29. The summed E-state index contributed by atoms with van der Waals surface area (Å²) in [4.78, 5) is 43.0. The highest BCUT2D eigenvalue weighted by atomic mass is 35.5. The van der Waals surface area contributed by atoms with E-state index in [1.54, 1.807) is 16.7 Å². The van der Waals surface area contributed by atoms with E-state index in [9.17, 15) is 14.4 Å². The number of Topliss-reactive ketones (excluding diaryl/α,β-unsaturated/α-hetero) is 1. The fraction of sp³-hybridized carbons (Fsp3) is 0.281. The second kappa shape index (κ2) is 11.9. The summed E-state index contributed by atoms with van der Waals surface area (Å²) in [6.07, 6.45) is 2.04. The second-order valence-corrected chi connectivity index (χ2v) is 11.0. The summed E-state index contributed by atoms with van der Waals surface area (Å²) >= 11 is 5.98. The number of benzene rings is 3. The molecule has 1 amide bonds. The standard InChI is InChI=1S/C32H31ClN4O4/c33-24-8-6-22(7-9-24)17-34-32(40)26-19-37-20-29(38)27(15-21-4-2-1-3-5-21)35-28-16-23(14-25(30(28)37)31(26)39)18-36-10-12-41-13-11-36/h1-9,14,16,19,27,35H,10-13,15,17-18,20H2,(H,34,40). The maximum atomic E-state index is 13.8. The van der Waals surface area contributed by atoms with Crippen molar-refractivity contribution < 1.29 is 14.3 Å². The number of aromatic nitrogens is 1. The van der Waals surface area contributed by atoms with E-state index in [1.165, 1.54) is 6.20 Å². The van der Waals surface area contributed by atoms with Gasteiger partial charge in [0.2, 0.25) is 5.43 Å². The van der Waals surface area contributed by atoms with Crippen LogP contribution >= 0.6 is 11.6 Å². The van der Waals surface area contributed by atoms with Crippen LogP contribution in [0.2, 0.25) is 5.02 Å². The number of anilines is 1. The molecule has 4 aromatic rings. The number of halogens is 1. The largest absolute Gasteiger partial charge is 0.379 e. The number of ether oxygens (including phenoxy) is 1. The molecule has 2 aliphatic rings. The molecule has 210 valence electrons. The fourth-order valence-electron chi connectivity index (χ4n) is 5.55. The summed E-state index contributed by atoms with van der Waals surface area (Å²) in [5, 5.41) is 7.35. The number of pyridine rings is 1. The minimum absolute atomic E-state index is 0.00949. The van der Waals surface area contributed by atoms with Gasteiger partial charge in [-0.25, -0.2) is 0 Å². The first-order valence-electron chi connectivity index (χ1n) is 13.8. The molecule has 0 bridgehead atoms. The molecular formula is C32H31ClN4O4. The lowest BCUT2D eigenvalue weighted by Crippen LogP contribution is -2.35. The number of hydrogen-bond acceptors (Lipinski definition) is 6. The number of carbonyl (C=O) groups is 2. The number of hydrogen-bond donors (Lipinski definition) is 2. The minimum Gasteiger partial charge on any atom is -0.379 e. The lowest BCUT2D eigenvalue weighted by atomic mass is 10.0. The van der Waals surface area contributed by atoms with Crippen LogP contribution in [0.1, 0.15) is 27.0 Å². The number of carbonyl (C=O) groups excluding carboxylic acids is 2. The molecule has 0 radical (unpaired) electrons. The molecule has 2 aliphatic heterocycles. The van der Waals surface area contributed by atoms with E-state index in [1.807, 2.05) is 54.6 Å². The van der Waals surface area contributed by atoms with Crippen molar-refractivity contribution in [2.75, 3.05) is 31.6 Å². The Kier molecular flexibility index (Phi) is 7.87. The summed E-state index contributed by atoms with van der Waals surface area (Å²) in [6.45, 7) is 3.86. The molecule has 0 saturated carbocycles. The maximum absolute atomic E-state index is 13.8. The van der Waals surface area contributed by atoms with Crippen LogP contribution in [-0.4, -0.2) is 53.5 Å². The zero-order valence-electron chi connectivity index (χ0n) is 22.6. The molecule has 1 aromatic heterocycles. The van der Waals surface area contributed by atoms with Gasteiger partial charge >= 0.3 is 0 Å². The Hall–Kier alpha value is -3.98. The second-order valence-electron chi connectivity index (χ2n) is 10.6. The summed E-state index contributed by atoms with van der Waals surface area (Å²) < 4.78 is 7.25. The average Bonchev–Trinajstić information content (AvgIpc) is 3.11. The number of nitrogens with zero attached hydrogens (tertiary/aromatic N) is 2. The Morgan fingerprint density at radius 2 is 1.73 bits per heavy atom. The van der Waals surface area contributed by atoms with Crippen molar-refractivity contribution >= 4 is 39.9 Å². The molecule has 9 heteroatoms. The van der Waals surface area contributed by atoms with Crippen molar-refractivity contribution in [1.29, 1.82) is 0 Å². The Balaban J connectivity index is 1.38. The summed E-state index contributed by atoms with van der Waals surface area (Å²) in [6, 6.07) is 20.5. The molecule has 3 aromatic carbocycles. The van der Waals surface area contributed by atoms with Crippen LogP contribution in [-0.2, 0) is 35.6 Å². The Morgan fingerprint density at radius 3 is 2.49 bits per heavy atom. The highest BCUT2D eigenvalue weighted by Gasteiger charge is 2.28. The van der Waals surface area contributed by atoms with Crippen molar-refractivity contribution in [2.45, 2.75) is 32.1 Å². The molecule has 3 heterocycles. The minimum atomic E-state index is -0.485. The van der Waals surface area contributed by atoms with Crippen LogP contribution in [0.15, 0.2) is 77.7 Å². The van der Waals surface area contributed by atoms with Crippen LogP contribution in [0, 0.1) is 0 Å². The van der Waals surface area contributed by atoms with Crippen LogP contribution in [0.4, 0.5) is 5.69 Å². The van der Waals surface area contributed by atoms with Gasteiger partial charge in [0.15, 0.2) is 5.78 Å². The van der Waals surface area contributed by atoms with Crippen LogP contribution < -0.4 is 16.1 Å². The maximum Gasteiger partial charge on any atom is 0.257 e. The zero-order valence-corrected chi connectivity index (χ0v) is 23.3. The smallest absolute Gasteiger partial charge is 0.257 e. The number of ketones is 1. The van der Waals surface area contributed by atoms with Gasteiger partial charge in [-0.15, -0.1) is 0 Å². The summed E-state index contributed by atoms with van der Waals surface area (Å²) in [5.41, 5.74) is 3.86. The van der Waals surface area contributed by atoms with Gasteiger partial charge in [-0.2, -0.15) is 0 Å². The quantitative estimate of drug-likeness (QED) is 0.349. The first kappa shape index (κ1) is 27.2. The fourth-order valence-corrected chi connectivity index (χ4v) is 5.67. The van der Waals surface area contributed by atoms with Gasteiger partial charge in [0.25, 0.3) is 5.91 Å². The third-order valence-corrected chi connectivity index (χ3v) is 7.93. The lowest BCUT2D eigenvalue weighted by molar-refractivity contribution is -0.120. The molecule has 6 rings (SSSR count). The van der Waals surface area contributed by atoms with Gasteiger partial charge in [-0.1, -0.05) is 54.1 Å². The molecule has 1 atom stereocenters. The van der Waals surface area contributed by atoms with Crippen LogP contribution in [0.25, 0.3) is 10.9 Å². The highest BCUT2D eigenvalue weighted by molar-refractivity contribution is 6.30. The third-order valence-electron chi connectivity index (χ3n) is 7.68. The van der Waals surface area contributed by atoms with Gasteiger partial charge < -0.3 is 19.9 Å². The number of nitrogens with one attached hydrogen (secondary N) is 2. The molecule has 1 saturated heterocycles. The van der Waals surface area contributed by atoms with Gasteiger partial charge in [0.1, 0.15) is 5.56 Å². The van der Waals surface area contributed by atoms with E-state index in [-0.39, 0.29) is 29.9 Å². The summed E-state index contributed by atoms with van der Waals surface area (Å²) in [7, 11) is 0. The third kappa shape index (κ3) is 6.05. The summed E-state index contributed by atoms with van der Waals surface area (Å²) in [5.74, 6) is -0.501. The molecule has 8 nitrogen and oxygen atoms in total. The molecule has 1 fully saturated rings. The lowest BCUT2D eigenvalue weighted by Gasteiger charge is -2.27. The molecule has 1 unspecified atom stereocenters. The molecule has 2 N–H and O–H groups in total. The topological polar surface area (TPSA) is 92.7 Å². The average molecular weight is 571 g/mol. The van der Waals surface area contributed by atoms with Gasteiger partial charge in [0.05, 0.1) is 37.0 Å². The predicted molar refractivity (Wildman–Crippen MR) is 159 cm³/mol. The SMILES string of the molecule is O=C(NCc1ccc(Cl)cc1)c1cn2c3c(cc(CN4CCOCC4)cc3c1=O)NC(Cc1ccccc1)C(=O)C2. The zero-order chi connectivity index (χ0) is 28.3. The first-order chi connectivity index (χ1) is 19.9. The molecular weight excluding hydrogens is 540 g/mol. The van der Waals surface area contributed by atoms with Crippen molar-refractivity contribution in [1.82, 2.24) is 14.8 Å². The van der Waals surface area contributed by atoms with Gasteiger partial charge in [-0.05, 0) is 47.4 Å². The van der Waals surface area contributed by atoms with E-state index >= 15 is 0 Å². The Bertz CT molecular complexity index is 1650. The first-order valence-corrected chi connectivity index (χ1v) is 14.2. The van der Waals surface area contributed by atoms with Gasteiger partial charge in [-0.3, -0.25) is 19.3 Å². The Morgan fingerprint density at radius 1 is 0.976 bits per heavy atom. The molecule has 0 spiro atoms. The van der Waals surface area contributed by atoms with E-state index in [2.05, 4.69) is 15.5 Å².